The Balaban J connectivity index is 1.76. The van der Waals surface area contributed by atoms with Crippen LogP contribution in [0.15, 0.2) is 22.6 Å². The molecule has 3 rings (SSSR count). The molecule has 0 amide bonds. The van der Waals surface area contributed by atoms with E-state index < -0.39 is 0 Å². The lowest BCUT2D eigenvalue weighted by molar-refractivity contribution is 0.0690. The number of hydrogen-bond acceptors (Lipinski definition) is 6. The smallest absolute Gasteiger partial charge is 0.230 e. The number of likely N-dealkylation sites (tertiary alicyclic amines) is 1. The van der Waals surface area contributed by atoms with Gasteiger partial charge in [0.15, 0.2) is 0 Å². The summed E-state index contributed by atoms with van der Waals surface area (Å²) in [6.07, 6.45) is 1.81. The molecule has 6 heteroatoms. The zero-order chi connectivity index (χ0) is 18.7. The van der Waals surface area contributed by atoms with Crippen LogP contribution < -0.4 is 9.47 Å². The van der Waals surface area contributed by atoms with Crippen molar-refractivity contribution < 1.29 is 19.0 Å². The second-order valence-corrected chi connectivity index (χ2v) is 6.94. The zero-order valence-electron chi connectivity index (χ0n) is 16.0. The van der Waals surface area contributed by atoms with Crippen LogP contribution in [-0.2, 0) is 6.54 Å². The average molecular weight is 360 g/mol. The molecule has 0 saturated carbocycles. The lowest BCUT2D eigenvalue weighted by atomic mass is 9.92. The molecular weight excluding hydrogens is 332 g/mol. The van der Waals surface area contributed by atoms with E-state index in [-0.39, 0.29) is 6.10 Å². The SMILES string of the molecule is COc1ccc(OC)c(-c2nc(CN3CCC([C@@H](C)O)CC3)c(C)o2)c1. The number of piperidine rings is 1. The van der Waals surface area contributed by atoms with Gasteiger partial charge in [0.1, 0.15) is 17.3 Å². The van der Waals surface area contributed by atoms with E-state index in [0.717, 1.165) is 55.2 Å². The number of aromatic nitrogens is 1. The van der Waals surface area contributed by atoms with Gasteiger partial charge in [-0.05, 0) is 63.9 Å². The summed E-state index contributed by atoms with van der Waals surface area (Å²) >= 11 is 0. The molecule has 142 valence electrons. The fourth-order valence-electron chi connectivity index (χ4n) is 3.48. The number of oxazole rings is 1. The summed E-state index contributed by atoms with van der Waals surface area (Å²) in [4.78, 5) is 7.09. The molecule has 0 spiro atoms. The van der Waals surface area contributed by atoms with E-state index in [0.29, 0.717) is 17.6 Å². The molecule has 1 atom stereocenters. The number of rotatable bonds is 6. The van der Waals surface area contributed by atoms with Crippen LogP contribution in [0.3, 0.4) is 0 Å². The van der Waals surface area contributed by atoms with Crippen molar-refractivity contribution in [2.45, 2.75) is 39.3 Å². The summed E-state index contributed by atoms with van der Waals surface area (Å²) in [5.74, 6) is 3.21. The monoisotopic (exact) mass is 360 g/mol. The molecule has 26 heavy (non-hydrogen) atoms. The van der Waals surface area contributed by atoms with Gasteiger partial charge in [-0.1, -0.05) is 0 Å². The number of aliphatic hydroxyl groups is 1. The highest BCUT2D eigenvalue weighted by molar-refractivity contribution is 5.65. The Morgan fingerprint density at radius 1 is 1.27 bits per heavy atom. The summed E-state index contributed by atoms with van der Waals surface area (Å²) in [6, 6.07) is 5.58. The summed E-state index contributed by atoms with van der Waals surface area (Å²) in [5, 5.41) is 9.75. The van der Waals surface area contributed by atoms with Gasteiger partial charge in [-0.15, -0.1) is 0 Å². The van der Waals surface area contributed by atoms with Crippen LogP contribution in [-0.4, -0.2) is 48.4 Å². The van der Waals surface area contributed by atoms with Crippen molar-refractivity contribution in [2.75, 3.05) is 27.3 Å². The Morgan fingerprint density at radius 3 is 2.62 bits per heavy atom. The maximum absolute atomic E-state index is 9.75. The van der Waals surface area contributed by atoms with Crippen molar-refractivity contribution in [1.29, 1.82) is 0 Å². The molecule has 0 aliphatic carbocycles. The van der Waals surface area contributed by atoms with E-state index in [1.807, 2.05) is 32.0 Å². The molecule has 1 aromatic heterocycles. The summed E-state index contributed by atoms with van der Waals surface area (Å²) in [7, 11) is 3.27. The van der Waals surface area contributed by atoms with Gasteiger partial charge < -0.3 is 19.0 Å². The number of hydrogen-bond donors (Lipinski definition) is 1. The molecule has 1 N–H and O–H groups in total. The van der Waals surface area contributed by atoms with E-state index in [1.165, 1.54) is 0 Å². The average Bonchev–Trinajstić information content (AvgIpc) is 3.02. The van der Waals surface area contributed by atoms with Crippen molar-refractivity contribution in [3.63, 3.8) is 0 Å². The highest BCUT2D eigenvalue weighted by Gasteiger charge is 2.24. The molecule has 0 unspecified atom stereocenters. The fourth-order valence-corrected chi connectivity index (χ4v) is 3.48. The van der Waals surface area contributed by atoms with Crippen LogP contribution >= 0.6 is 0 Å². The molecule has 2 aromatic rings. The van der Waals surface area contributed by atoms with Crippen molar-refractivity contribution in [1.82, 2.24) is 9.88 Å². The van der Waals surface area contributed by atoms with Gasteiger partial charge in [-0.25, -0.2) is 4.98 Å². The van der Waals surface area contributed by atoms with E-state index in [1.54, 1.807) is 14.2 Å². The predicted molar refractivity (Wildman–Crippen MR) is 99.5 cm³/mol. The standard InChI is InChI=1S/C20H28N2O4/c1-13(23)15-7-9-22(10-8-15)12-18-14(2)26-20(21-18)17-11-16(24-3)5-6-19(17)25-4/h5-6,11,13,15,23H,7-10,12H2,1-4H3/t13-/m1/s1. The Hall–Kier alpha value is -2.05. The second kappa shape index (κ2) is 8.10. The summed E-state index contributed by atoms with van der Waals surface area (Å²) in [5.41, 5.74) is 1.73. The van der Waals surface area contributed by atoms with E-state index in [2.05, 4.69) is 4.90 Å². The minimum Gasteiger partial charge on any atom is -0.497 e. The molecule has 1 aromatic carbocycles. The van der Waals surface area contributed by atoms with Crippen molar-refractivity contribution in [2.24, 2.45) is 5.92 Å². The zero-order valence-corrected chi connectivity index (χ0v) is 16.0. The normalized spacial score (nSPS) is 17.3. The van der Waals surface area contributed by atoms with E-state index in [9.17, 15) is 5.11 Å². The van der Waals surface area contributed by atoms with Crippen LogP contribution in [0.5, 0.6) is 11.5 Å². The van der Waals surface area contributed by atoms with Gasteiger partial charge in [0, 0.05) is 6.54 Å². The third-order valence-electron chi connectivity index (χ3n) is 5.22. The van der Waals surface area contributed by atoms with Gasteiger partial charge in [0.05, 0.1) is 31.6 Å². The third-order valence-corrected chi connectivity index (χ3v) is 5.22. The maximum Gasteiger partial charge on any atom is 0.230 e. The Labute approximate surface area is 154 Å². The molecule has 2 heterocycles. The summed E-state index contributed by atoms with van der Waals surface area (Å²) < 4.78 is 16.7. The molecule has 0 bridgehead atoms. The van der Waals surface area contributed by atoms with Crippen LogP contribution in [0.25, 0.3) is 11.5 Å². The van der Waals surface area contributed by atoms with Gasteiger partial charge in [0.2, 0.25) is 5.89 Å². The van der Waals surface area contributed by atoms with Gasteiger partial charge in [-0.2, -0.15) is 0 Å². The first-order chi connectivity index (χ1) is 12.5. The van der Waals surface area contributed by atoms with Crippen LogP contribution in [0.4, 0.5) is 0 Å². The first-order valence-corrected chi connectivity index (χ1v) is 9.11. The number of ether oxygens (including phenoxy) is 2. The first-order valence-electron chi connectivity index (χ1n) is 9.11. The predicted octanol–water partition coefficient (Wildman–Crippen LogP) is 3.26. The Morgan fingerprint density at radius 2 is 2.00 bits per heavy atom. The van der Waals surface area contributed by atoms with E-state index >= 15 is 0 Å². The second-order valence-electron chi connectivity index (χ2n) is 6.94. The highest BCUT2D eigenvalue weighted by atomic mass is 16.5. The molecule has 1 aliphatic heterocycles. The van der Waals surface area contributed by atoms with Crippen molar-refractivity contribution >= 4 is 0 Å². The summed E-state index contributed by atoms with van der Waals surface area (Å²) in [6.45, 7) is 6.53. The van der Waals surface area contributed by atoms with Gasteiger partial charge >= 0.3 is 0 Å². The van der Waals surface area contributed by atoms with Crippen molar-refractivity contribution in [3.8, 4) is 23.0 Å². The maximum atomic E-state index is 9.75. The molecular formula is C20H28N2O4. The topological polar surface area (TPSA) is 68.0 Å². The van der Waals surface area contributed by atoms with Crippen molar-refractivity contribution in [3.05, 3.63) is 29.7 Å². The third kappa shape index (κ3) is 4.02. The highest BCUT2D eigenvalue weighted by Crippen LogP contribution is 2.34. The quantitative estimate of drug-likeness (QED) is 0.853. The Kier molecular flexibility index (Phi) is 5.84. The molecule has 0 radical (unpaired) electrons. The number of aryl methyl sites for hydroxylation is 1. The number of benzene rings is 1. The van der Waals surface area contributed by atoms with Crippen LogP contribution in [0.1, 0.15) is 31.2 Å². The minimum atomic E-state index is -0.224. The fraction of sp³-hybridized carbons (Fsp3) is 0.550. The molecule has 1 fully saturated rings. The lowest BCUT2D eigenvalue weighted by Crippen LogP contribution is -2.36. The Bertz CT molecular complexity index is 733. The van der Waals surface area contributed by atoms with E-state index in [4.69, 9.17) is 18.9 Å². The molecule has 6 nitrogen and oxygen atoms in total. The van der Waals surface area contributed by atoms with Crippen LogP contribution in [0, 0.1) is 12.8 Å². The minimum absolute atomic E-state index is 0.224. The molecule has 1 aliphatic rings. The number of methoxy groups -OCH3 is 2. The molecule has 1 saturated heterocycles. The van der Waals surface area contributed by atoms with Gasteiger partial charge in [-0.3, -0.25) is 4.90 Å². The first kappa shape index (κ1) is 18.7. The largest absolute Gasteiger partial charge is 0.497 e. The lowest BCUT2D eigenvalue weighted by Gasteiger charge is -2.32. The number of nitrogens with zero attached hydrogens (tertiary/aromatic N) is 2. The van der Waals surface area contributed by atoms with Gasteiger partial charge in [0.25, 0.3) is 0 Å². The van der Waals surface area contributed by atoms with Crippen LogP contribution in [0.2, 0.25) is 0 Å². The number of aliphatic hydroxyl groups excluding tert-OH is 1.